The second kappa shape index (κ2) is 6.15. The molecule has 2 rings (SSSR count). The first kappa shape index (κ1) is 14.0. The van der Waals surface area contributed by atoms with Crippen molar-refractivity contribution in [2.75, 3.05) is 6.61 Å². The number of hydrogen-bond donors (Lipinski definition) is 1. The van der Waals surface area contributed by atoms with E-state index in [9.17, 15) is 9.50 Å². The lowest BCUT2D eigenvalue weighted by Crippen LogP contribution is -2.04. The average Bonchev–Trinajstić information content (AvgIpc) is 2.39. The molecule has 0 saturated carbocycles. The van der Waals surface area contributed by atoms with Crippen LogP contribution in [0.15, 0.2) is 42.5 Å². The van der Waals surface area contributed by atoms with Crippen molar-refractivity contribution >= 4 is 11.6 Å². The summed E-state index contributed by atoms with van der Waals surface area (Å²) in [6.07, 6.45) is -1.03. The van der Waals surface area contributed by atoms with Crippen LogP contribution < -0.4 is 0 Å². The van der Waals surface area contributed by atoms with Gasteiger partial charge in [-0.1, -0.05) is 35.9 Å². The van der Waals surface area contributed by atoms with Crippen molar-refractivity contribution < 1.29 is 14.2 Å². The Labute approximate surface area is 116 Å². The van der Waals surface area contributed by atoms with Crippen LogP contribution >= 0.6 is 11.6 Å². The summed E-state index contributed by atoms with van der Waals surface area (Å²) in [5, 5.41) is 10.3. The molecule has 0 radical (unpaired) electrons. The maximum atomic E-state index is 13.1. The molecule has 0 amide bonds. The minimum absolute atomic E-state index is 0.302. The smallest absolute Gasteiger partial charge is 0.181 e. The molecular weight excluding hydrogens is 267 g/mol. The highest BCUT2D eigenvalue weighted by molar-refractivity contribution is 6.33. The molecule has 1 atom stereocenters. The van der Waals surface area contributed by atoms with Gasteiger partial charge in [-0.2, -0.15) is 0 Å². The molecule has 2 nitrogen and oxygen atoms in total. The Kier molecular flexibility index (Phi) is 4.53. The summed E-state index contributed by atoms with van der Waals surface area (Å²) in [6.45, 7) is 2.20. The van der Waals surface area contributed by atoms with Crippen molar-refractivity contribution in [3.8, 4) is 11.1 Å². The summed E-state index contributed by atoms with van der Waals surface area (Å²) in [7, 11) is 0. The zero-order chi connectivity index (χ0) is 13.8. The highest BCUT2D eigenvalue weighted by Crippen LogP contribution is 2.33. The fourth-order valence-corrected chi connectivity index (χ4v) is 2.18. The molecule has 19 heavy (non-hydrogen) atoms. The highest BCUT2D eigenvalue weighted by atomic mass is 35.5. The molecule has 0 aliphatic rings. The third-order valence-corrected chi connectivity index (χ3v) is 3.09. The molecule has 0 bridgehead atoms. The summed E-state index contributed by atoms with van der Waals surface area (Å²) in [4.78, 5) is 0. The van der Waals surface area contributed by atoms with Gasteiger partial charge in [0.2, 0.25) is 0 Å². The van der Waals surface area contributed by atoms with Gasteiger partial charge in [-0.25, -0.2) is 4.39 Å². The first-order chi connectivity index (χ1) is 9.13. The Morgan fingerprint density at radius 3 is 2.63 bits per heavy atom. The van der Waals surface area contributed by atoms with Gasteiger partial charge in [0.05, 0.1) is 5.02 Å². The third kappa shape index (κ3) is 3.13. The largest absolute Gasteiger partial charge is 0.364 e. The van der Waals surface area contributed by atoms with Gasteiger partial charge in [-0.15, -0.1) is 0 Å². The van der Waals surface area contributed by atoms with Crippen LogP contribution in [0.3, 0.4) is 0 Å². The molecule has 100 valence electrons. The molecule has 0 aliphatic carbocycles. The third-order valence-electron chi connectivity index (χ3n) is 2.77. The Hall–Kier alpha value is -1.42. The van der Waals surface area contributed by atoms with Gasteiger partial charge in [0, 0.05) is 17.7 Å². The Balaban J connectivity index is 2.50. The lowest BCUT2D eigenvalue weighted by molar-refractivity contribution is -0.0975. The first-order valence-corrected chi connectivity index (χ1v) is 6.35. The van der Waals surface area contributed by atoms with Crippen LogP contribution in [-0.4, -0.2) is 11.7 Å². The molecule has 0 aromatic heterocycles. The Bertz CT molecular complexity index is 572. The van der Waals surface area contributed by atoms with Crippen LogP contribution in [0, 0.1) is 5.82 Å². The van der Waals surface area contributed by atoms with Gasteiger partial charge < -0.3 is 9.84 Å². The topological polar surface area (TPSA) is 29.5 Å². The average molecular weight is 281 g/mol. The standard InChI is InChI=1S/C15H14ClFO2/c1-2-19-15(18)13-6-4-3-5-11(13)12-8-7-10(17)9-14(12)16/h3-9,15,18H,2H2,1H3. The fourth-order valence-electron chi connectivity index (χ4n) is 1.91. The lowest BCUT2D eigenvalue weighted by atomic mass is 9.99. The van der Waals surface area contributed by atoms with Crippen molar-refractivity contribution in [2.45, 2.75) is 13.2 Å². The zero-order valence-corrected chi connectivity index (χ0v) is 11.2. The van der Waals surface area contributed by atoms with Crippen molar-refractivity contribution in [1.29, 1.82) is 0 Å². The van der Waals surface area contributed by atoms with Gasteiger partial charge in [-0.3, -0.25) is 0 Å². The highest BCUT2D eigenvalue weighted by Gasteiger charge is 2.15. The minimum Gasteiger partial charge on any atom is -0.364 e. The van der Waals surface area contributed by atoms with Crippen molar-refractivity contribution in [3.05, 3.63) is 58.9 Å². The molecule has 0 saturated heterocycles. The maximum Gasteiger partial charge on any atom is 0.181 e. The number of ether oxygens (including phenoxy) is 1. The number of aliphatic hydroxyl groups excluding tert-OH is 1. The van der Waals surface area contributed by atoms with Crippen LogP contribution in [0.1, 0.15) is 18.8 Å². The van der Waals surface area contributed by atoms with E-state index >= 15 is 0 Å². The van der Waals surface area contributed by atoms with E-state index in [1.54, 1.807) is 25.1 Å². The first-order valence-electron chi connectivity index (χ1n) is 5.97. The van der Waals surface area contributed by atoms with Gasteiger partial charge in [0.15, 0.2) is 6.29 Å². The van der Waals surface area contributed by atoms with E-state index < -0.39 is 12.1 Å². The Morgan fingerprint density at radius 1 is 1.21 bits per heavy atom. The molecule has 1 unspecified atom stereocenters. The van der Waals surface area contributed by atoms with E-state index in [2.05, 4.69) is 0 Å². The van der Waals surface area contributed by atoms with E-state index in [1.807, 2.05) is 12.1 Å². The second-order valence-corrected chi connectivity index (χ2v) is 4.43. The predicted octanol–water partition coefficient (Wildman–Crippen LogP) is 4.17. The molecule has 4 heteroatoms. The summed E-state index contributed by atoms with van der Waals surface area (Å²) in [5.41, 5.74) is 2.00. The van der Waals surface area contributed by atoms with Crippen molar-refractivity contribution in [3.63, 3.8) is 0 Å². The molecule has 1 N–H and O–H groups in total. The summed E-state index contributed by atoms with van der Waals surface area (Å²) < 4.78 is 18.3. The summed E-state index contributed by atoms with van der Waals surface area (Å²) >= 11 is 6.06. The summed E-state index contributed by atoms with van der Waals surface area (Å²) in [6, 6.07) is 11.4. The van der Waals surface area contributed by atoms with Crippen LogP contribution in [0.5, 0.6) is 0 Å². The number of halogens is 2. The number of aliphatic hydroxyl groups is 1. The van der Waals surface area contributed by atoms with E-state index in [1.165, 1.54) is 12.1 Å². The number of rotatable bonds is 4. The predicted molar refractivity (Wildman–Crippen MR) is 73.4 cm³/mol. The minimum atomic E-state index is -1.03. The number of benzene rings is 2. The van der Waals surface area contributed by atoms with Crippen molar-refractivity contribution in [1.82, 2.24) is 0 Å². The van der Waals surface area contributed by atoms with Gasteiger partial charge in [0.25, 0.3) is 0 Å². The summed E-state index contributed by atoms with van der Waals surface area (Å²) in [5.74, 6) is -0.392. The maximum absolute atomic E-state index is 13.1. The normalized spacial score (nSPS) is 12.4. The van der Waals surface area contributed by atoms with E-state index in [4.69, 9.17) is 16.3 Å². The fraction of sp³-hybridized carbons (Fsp3) is 0.200. The van der Waals surface area contributed by atoms with E-state index in [-0.39, 0.29) is 0 Å². The van der Waals surface area contributed by atoms with Crippen LogP contribution in [0.4, 0.5) is 4.39 Å². The Morgan fingerprint density at radius 2 is 1.95 bits per heavy atom. The van der Waals surface area contributed by atoms with Crippen LogP contribution in [-0.2, 0) is 4.74 Å². The SMILES string of the molecule is CCOC(O)c1ccccc1-c1ccc(F)cc1Cl. The van der Waals surface area contributed by atoms with Crippen LogP contribution in [0.25, 0.3) is 11.1 Å². The van der Waals surface area contributed by atoms with E-state index in [0.717, 1.165) is 5.56 Å². The van der Waals surface area contributed by atoms with Gasteiger partial charge >= 0.3 is 0 Å². The molecule has 0 spiro atoms. The molecule has 2 aromatic carbocycles. The van der Waals surface area contributed by atoms with Gasteiger partial charge in [-0.05, 0) is 30.7 Å². The van der Waals surface area contributed by atoms with Crippen molar-refractivity contribution in [2.24, 2.45) is 0 Å². The quantitative estimate of drug-likeness (QED) is 0.852. The molecular formula is C15H14ClFO2. The molecule has 0 fully saturated rings. The molecule has 0 aliphatic heterocycles. The second-order valence-electron chi connectivity index (χ2n) is 4.02. The van der Waals surface area contributed by atoms with Gasteiger partial charge in [0.1, 0.15) is 5.82 Å². The van der Waals surface area contributed by atoms with Crippen LogP contribution in [0.2, 0.25) is 5.02 Å². The number of hydrogen-bond acceptors (Lipinski definition) is 2. The zero-order valence-electron chi connectivity index (χ0n) is 10.4. The lowest BCUT2D eigenvalue weighted by Gasteiger charge is -2.16. The molecule has 2 aromatic rings. The van der Waals surface area contributed by atoms with E-state index in [0.29, 0.717) is 22.8 Å². The monoisotopic (exact) mass is 280 g/mol. The molecule has 0 heterocycles.